The van der Waals surface area contributed by atoms with Crippen molar-refractivity contribution in [3.05, 3.63) is 59.7 Å². The van der Waals surface area contributed by atoms with Crippen molar-refractivity contribution >= 4 is 24.6 Å². The van der Waals surface area contributed by atoms with Crippen LogP contribution < -0.4 is 0 Å². The number of hydrogen-bond donors (Lipinski definition) is 0. The molecule has 0 fully saturated rings. The molecule has 1 heterocycles. The molecule has 0 saturated carbocycles. The average molecular weight is 377 g/mol. The van der Waals surface area contributed by atoms with Crippen LogP contribution in [0.1, 0.15) is 11.1 Å². The van der Waals surface area contributed by atoms with Crippen LogP contribution in [0.3, 0.4) is 0 Å². The van der Waals surface area contributed by atoms with Crippen LogP contribution >= 0.6 is 0 Å². The predicted molar refractivity (Wildman–Crippen MR) is 85.8 cm³/mol. The van der Waals surface area contributed by atoms with E-state index < -0.39 is 24.6 Å². The van der Waals surface area contributed by atoms with Gasteiger partial charge in [0.25, 0.3) is 0 Å². The Hall–Kier alpha value is -1.75. The number of hydrogen-bond acceptors (Lipinski definition) is 4. The molecule has 0 spiro atoms. The molecular weight excluding hydrogens is 363 g/mol. The van der Waals surface area contributed by atoms with Gasteiger partial charge in [0.1, 0.15) is 0 Å². The summed E-state index contributed by atoms with van der Waals surface area (Å²) in [5, 5.41) is 4.08. The van der Waals surface area contributed by atoms with E-state index >= 15 is 0 Å². The first-order valence-electron chi connectivity index (χ1n) is 6.69. The van der Waals surface area contributed by atoms with Gasteiger partial charge in [-0.3, -0.25) is 0 Å². The fourth-order valence-corrected chi connectivity index (χ4v) is 5.61. The van der Waals surface area contributed by atoms with Crippen molar-refractivity contribution in [2.75, 3.05) is 0 Å². The molecule has 4 nitrogen and oxygen atoms in total. The Morgan fingerprint density at radius 3 is 2.00 bits per heavy atom. The maximum atomic E-state index is 12.8. The normalized spacial score (nSPS) is 11.5. The summed E-state index contributed by atoms with van der Waals surface area (Å²) in [6.45, 7) is 3.92. The molecule has 3 aromatic rings. The zero-order valence-corrected chi connectivity index (χ0v) is 14.7. The van der Waals surface area contributed by atoms with Gasteiger partial charge in [-0.2, -0.15) is 0 Å². The third kappa shape index (κ3) is 2.77. The minimum atomic E-state index is -3.54. The van der Waals surface area contributed by atoms with Crippen molar-refractivity contribution < 1.29 is 8.42 Å². The van der Waals surface area contributed by atoms with E-state index in [1.54, 1.807) is 24.3 Å². The molecule has 6 heteroatoms. The molecule has 0 amide bonds. The first-order chi connectivity index (χ1) is 10.5. The molecule has 3 rings (SSSR count). The van der Waals surface area contributed by atoms with Crippen molar-refractivity contribution in [1.82, 2.24) is 9.19 Å². The van der Waals surface area contributed by atoms with E-state index in [-0.39, 0.29) is 0 Å². The van der Waals surface area contributed by atoms with Crippen molar-refractivity contribution in [3.63, 3.8) is 0 Å². The Bertz CT molecular complexity index is 898. The van der Waals surface area contributed by atoms with Gasteiger partial charge in [0.15, 0.2) is 0 Å². The van der Waals surface area contributed by atoms with Gasteiger partial charge in [0.2, 0.25) is 0 Å². The number of rotatable bonds is 3. The predicted octanol–water partition coefficient (Wildman–Crippen LogP) is 2.65. The van der Waals surface area contributed by atoms with E-state index in [1.807, 2.05) is 38.1 Å². The van der Waals surface area contributed by atoms with Crippen LogP contribution in [0.15, 0.2) is 57.2 Å². The Balaban J connectivity index is 2.11. The summed E-state index contributed by atoms with van der Waals surface area (Å²) in [7, 11) is -3.54. The molecular formula is C16H14N2O2SSe. The molecule has 112 valence electrons. The monoisotopic (exact) mass is 378 g/mol. The Morgan fingerprint density at radius 1 is 0.864 bits per heavy atom. The topological polar surface area (TPSA) is 59.9 Å². The summed E-state index contributed by atoms with van der Waals surface area (Å²) in [5.74, 6) is 0. The summed E-state index contributed by atoms with van der Waals surface area (Å²) in [5.41, 5.74) is 3.41. The molecule has 0 N–H and O–H groups in total. The zero-order chi connectivity index (χ0) is 15.7. The number of aromatic nitrogens is 2. The molecule has 0 atom stereocenters. The van der Waals surface area contributed by atoms with E-state index in [2.05, 4.69) is 9.19 Å². The van der Waals surface area contributed by atoms with Crippen LogP contribution in [0.5, 0.6) is 0 Å². The number of aryl methyl sites for hydroxylation is 2. The van der Waals surface area contributed by atoms with Gasteiger partial charge in [-0.25, -0.2) is 0 Å². The Morgan fingerprint density at radius 2 is 1.41 bits per heavy atom. The second-order valence-electron chi connectivity index (χ2n) is 5.09. The van der Waals surface area contributed by atoms with Gasteiger partial charge < -0.3 is 0 Å². The quantitative estimate of drug-likeness (QED) is 0.659. The summed E-state index contributed by atoms with van der Waals surface area (Å²) in [6.07, 6.45) is 0. The van der Waals surface area contributed by atoms with E-state index in [4.69, 9.17) is 0 Å². The van der Waals surface area contributed by atoms with E-state index in [0.717, 1.165) is 16.7 Å². The molecule has 0 unspecified atom stereocenters. The summed E-state index contributed by atoms with van der Waals surface area (Å²) in [6, 6.07) is 14.5. The molecule has 1 aromatic heterocycles. The fraction of sp³-hybridized carbons (Fsp3) is 0.125. The Kier molecular flexibility index (Phi) is 4.00. The van der Waals surface area contributed by atoms with Crippen LogP contribution in [-0.2, 0) is 9.84 Å². The number of benzene rings is 2. The second-order valence-corrected chi connectivity index (χ2v) is 9.14. The zero-order valence-electron chi connectivity index (χ0n) is 12.1. The standard InChI is InChI=1S/C16H14N2O2SSe/c1-11-3-7-13(8-4-11)15-16(22-18-17-15)21(19,20)14-9-5-12(2)6-10-14/h3-10H,1-2H3. The maximum absolute atomic E-state index is 12.8. The molecule has 0 aliphatic carbocycles. The van der Waals surface area contributed by atoms with Crippen LogP contribution in [0.2, 0.25) is 0 Å². The van der Waals surface area contributed by atoms with E-state index in [1.165, 1.54) is 0 Å². The third-order valence-electron chi connectivity index (χ3n) is 3.36. The first-order valence-corrected chi connectivity index (χ1v) is 9.80. The van der Waals surface area contributed by atoms with Crippen LogP contribution in [0.25, 0.3) is 11.3 Å². The van der Waals surface area contributed by atoms with E-state index in [9.17, 15) is 8.42 Å². The van der Waals surface area contributed by atoms with Crippen LogP contribution in [0, 0.1) is 13.8 Å². The Labute approximate surface area is 135 Å². The molecule has 2 aromatic carbocycles. The van der Waals surface area contributed by atoms with Gasteiger partial charge in [-0.1, -0.05) is 0 Å². The number of nitrogens with zero attached hydrogens (tertiary/aromatic N) is 2. The molecule has 0 aliphatic heterocycles. The molecule has 0 aliphatic rings. The summed E-state index contributed by atoms with van der Waals surface area (Å²) >= 11 is -0.510. The molecule has 0 radical (unpaired) electrons. The average Bonchev–Trinajstić information content (AvgIpc) is 2.99. The van der Waals surface area contributed by atoms with Gasteiger partial charge in [0, 0.05) is 0 Å². The van der Waals surface area contributed by atoms with Gasteiger partial charge in [-0.05, 0) is 0 Å². The van der Waals surface area contributed by atoms with Crippen molar-refractivity contribution in [2.45, 2.75) is 22.5 Å². The van der Waals surface area contributed by atoms with Crippen LogP contribution in [0.4, 0.5) is 0 Å². The van der Waals surface area contributed by atoms with Crippen LogP contribution in [-0.4, -0.2) is 32.3 Å². The second kappa shape index (κ2) is 5.80. The van der Waals surface area contributed by atoms with Gasteiger partial charge in [0.05, 0.1) is 0 Å². The first kappa shape index (κ1) is 15.2. The van der Waals surface area contributed by atoms with Gasteiger partial charge >= 0.3 is 136 Å². The number of sulfone groups is 1. The fourth-order valence-electron chi connectivity index (χ4n) is 2.07. The van der Waals surface area contributed by atoms with Crippen molar-refractivity contribution in [2.24, 2.45) is 0 Å². The minimum absolute atomic E-state index is 0.298. The van der Waals surface area contributed by atoms with E-state index in [0.29, 0.717) is 14.4 Å². The van der Waals surface area contributed by atoms with Crippen molar-refractivity contribution in [3.8, 4) is 11.3 Å². The SMILES string of the molecule is Cc1ccc(-c2nn[se]c2S(=O)(=O)c2ccc(C)cc2)cc1. The third-order valence-corrected chi connectivity index (χ3v) is 7.80. The summed E-state index contributed by atoms with van der Waals surface area (Å²) in [4.78, 5) is 0.298. The molecule has 0 bridgehead atoms. The molecule has 0 saturated heterocycles. The summed E-state index contributed by atoms with van der Waals surface area (Å²) < 4.78 is 30.0. The van der Waals surface area contributed by atoms with Crippen molar-refractivity contribution in [1.29, 1.82) is 0 Å². The van der Waals surface area contributed by atoms with Gasteiger partial charge in [-0.15, -0.1) is 0 Å². The molecule has 22 heavy (non-hydrogen) atoms.